The maximum atomic E-state index is 13.6. The fourth-order valence-corrected chi connectivity index (χ4v) is 9.92. The number of likely N-dealkylation sites (N-methyl/N-ethyl adjacent to an activating group) is 1. The van der Waals surface area contributed by atoms with Gasteiger partial charge in [-0.2, -0.15) is 0 Å². The molecule has 0 aliphatic rings. The van der Waals surface area contributed by atoms with E-state index in [9.17, 15) is 19.0 Å². The smallest absolute Gasteiger partial charge is 0.456 e. The van der Waals surface area contributed by atoms with Gasteiger partial charge in [0.05, 0.1) is 33.8 Å². The van der Waals surface area contributed by atoms with Crippen LogP contribution in [0.15, 0.2) is 97.2 Å². The lowest BCUT2D eigenvalue weighted by atomic mass is 10.0. The molecule has 0 fully saturated rings. The Morgan fingerprint density at radius 1 is 0.450 bits per heavy atom. The number of esters is 1. The van der Waals surface area contributed by atoms with Crippen LogP contribution in [0.1, 0.15) is 284 Å². The van der Waals surface area contributed by atoms with Gasteiger partial charge in [-0.3, -0.25) is 18.6 Å². The first kappa shape index (κ1) is 76.9. The zero-order valence-electron chi connectivity index (χ0n) is 52.8. The molecule has 1 amide bonds. The number of rotatable bonds is 59. The standard InChI is InChI=1S/C70H125N2O7P/c1-7-10-13-16-19-22-25-28-30-32-33-34-35-36-37-38-39-41-42-44-47-50-53-56-59-62-69(73)71-67(66-78-80(75,76)77-65-64-72(4,5)6)68(61-58-55-52-49-46-27-24-21-18-15-12-9-3)79-70(74)63-60-57-54-51-48-45-43-40-31-29-26-23-20-17-14-11-8-2/h11,14,19-20,22-23,28-31,43,45,51,54,58,61,67-68H,7-10,12-13,15-18,21,24-27,32-42,44,46-50,52-53,55-57,59-60,62-66H2,1-6H3,(H-,71,73,75,76)/p+1/b14-11-,22-19-,23-20-,30-28-,31-29-,45-43-,54-51-,61-58-. The van der Waals surface area contributed by atoms with Gasteiger partial charge in [-0.15, -0.1) is 0 Å². The highest BCUT2D eigenvalue weighted by Gasteiger charge is 2.30. The summed E-state index contributed by atoms with van der Waals surface area (Å²) in [5.74, 6) is -0.572. The second-order valence-corrected chi connectivity index (χ2v) is 24.7. The molecule has 0 saturated heterocycles. The summed E-state index contributed by atoms with van der Waals surface area (Å²) in [6.07, 6.45) is 80.0. The van der Waals surface area contributed by atoms with E-state index in [1.807, 2.05) is 33.3 Å². The second kappa shape index (κ2) is 59.1. The molecule has 0 saturated carbocycles. The van der Waals surface area contributed by atoms with E-state index < -0.39 is 20.0 Å². The normalized spacial score (nSPS) is 14.2. The van der Waals surface area contributed by atoms with E-state index in [-0.39, 0.29) is 31.5 Å². The molecule has 0 aromatic carbocycles. The summed E-state index contributed by atoms with van der Waals surface area (Å²) < 4.78 is 30.7. The van der Waals surface area contributed by atoms with Gasteiger partial charge in [0.2, 0.25) is 5.91 Å². The predicted molar refractivity (Wildman–Crippen MR) is 346 cm³/mol. The molecule has 0 aliphatic carbocycles. The monoisotopic (exact) mass is 1140 g/mol. The van der Waals surface area contributed by atoms with Crippen LogP contribution < -0.4 is 5.32 Å². The Kier molecular flexibility index (Phi) is 56.8. The molecule has 0 aromatic rings. The van der Waals surface area contributed by atoms with Crippen molar-refractivity contribution in [1.29, 1.82) is 0 Å². The van der Waals surface area contributed by atoms with E-state index >= 15 is 0 Å². The van der Waals surface area contributed by atoms with Gasteiger partial charge in [-0.05, 0) is 102 Å². The Hall–Kier alpha value is -3.07. The molecule has 80 heavy (non-hydrogen) atoms. The minimum Gasteiger partial charge on any atom is -0.456 e. The number of hydrogen-bond donors (Lipinski definition) is 2. The molecule has 0 bridgehead atoms. The molecule has 0 radical (unpaired) electrons. The molecule has 0 aromatic heterocycles. The van der Waals surface area contributed by atoms with Crippen molar-refractivity contribution in [3.8, 4) is 0 Å². The van der Waals surface area contributed by atoms with Crippen LogP contribution in [0.3, 0.4) is 0 Å². The van der Waals surface area contributed by atoms with Gasteiger partial charge in [-0.25, -0.2) is 4.57 Å². The number of allylic oxidation sites excluding steroid dienone is 15. The predicted octanol–water partition coefficient (Wildman–Crippen LogP) is 20.7. The SMILES string of the molecule is CC/C=C\C/C=C\C/C=C\C/C=C\C/C=C\CCCC(=O)OC(/C=C\CCCCCCCCCCCC)C(COP(=O)(O)OCC[N+](C)(C)C)NC(=O)CCCCCCCCCCCCCCCCC/C=C\C/C=C\CCCCC. The number of phosphoric acid groups is 1. The largest absolute Gasteiger partial charge is 0.472 e. The third-order valence-electron chi connectivity index (χ3n) is 14.3. The summed E-state index contributed by atoms with van der Waals surface area (Å²) in [6, 6.07) is -0.876. The summed E-state index contributed by atoms with van der Waals surface area (Å²) in [6.45, 7) is 6.85. The van der Waals surface area contributed by atoms with Crippen LogP contribution in [0, 0.1) is 0 Å². The highest BCUT2D eigenvalue weighted by Crippen LogP contribution is 2.43. The number of quaternary nitrogens is 1. The van der Waals surface area contributed by atoms with Crippen LogP contribution >= 0.6 is 7.82 Å². The van der Waals surface area contributed by atoms with E-state index in [1.54, 1.807) is 0 Å². The van der Waals surface area contributed by atoms with E-state index in [0.717, 1.165) is 83.5 Å². The van der Waals surface area contributed by atoms with Crippen molar-refractivity contribution in [2.75, 3.05) is 40.9 Å². The molecule has 10 heteroatoms. The van der Waals surface area contributed by atoms with Gasteiger partial charge in [0, 0.05) is 12.8 Å². The average Bonchev–Trinajstić information content (AvgIpc) is 3.42. The summed E-state index contributed by atoms with van der Waals surface area (Å²) in [4.78, 5) is 37.8. The number of carbonyl (C=O) groups is 2. The number of hydrogen-bond acceptors (Lipinski definition) is 6. The fraction of sp³-hybridized carbons (Fsp3) is 0.743. The molecule has 3 atom stereocenters. The summed E-state index contributed by atoms with van der Waals surface area (Å²) >= 11 is 0. The molecule has 0 aliphatic heterocycles. The molecule has 3 unspecified atom stereocenters. The van der Waals surface area contributed by atoms with Crippen molar-refractivity contribution in [3.63, 3.8) is 0 Å². The van der Waals surface area contributed by atoms with Gasteiger partial charge in [0.25, 0.3) is 0 Å². The van der Waals surface area contributed by atoms with Crippen LogP contribution in [0.4, 0.5) is 0 Å². The zero-order chi connectivity index (χ0) is 58.6. The lowest BCUT2D eigenvalue weighted by molar-refractivity contribution is -0.870. The maximum Gasteiger partial charge on any atom is 0.472 e. The van der Waals surface area contributed by atoms with Crippen molar-refractivity contribution < 1.29 is 37.3 Å². The third kappa shape index (κ3) is 59.5. The highest BCUT2D eigenvalue weighted by atomic mass is 31.2. The molecular formula is C70H126N2O7P+. The number of unbranched alkanes of at least 4 members (excludes halogenated alkanes) is 29. The minimum absolute atomic E-state index is 0.0281. The summed E-state index contributed by atoms with van der Waals surface area (Å²) in [5, 5.41) is 3.05. The highest BCUT2D eigenvalue weighted by molar-refractivity contribution is 7.47. The van der Waals surface area contributed by atoms with E-state index in [2.05, 4.69) is 111 Å². The minimum atomic E-state index is -4.47. The van der Waals surface area contributed by atoms with Crippen LogP contribution in [0.5, 0.6) is 0 Å². The Labute approximate surface area is 494 Å². The maximum absolute atomic E-state index is 13.6. The number of carbonyl (C=O) groups excluding carboxylic acids is 2. The van der Waals surface area contributed by atoms with E-state index in [0.29, 0.717) is 23.9 Å². The van der Waals surface area contributed by atoms with Gasteiger partial charge in [-0.1, -0.05) is 266 Å². The Morgan fingerprint density at radius 3 is 1.25 bits per heavy atom. The second-order valence-electron chi connectivity index (χ2n) is 23.3. The molecule has 0 heterocycles. The number of phosphoric ester groups is 1. The average molecular weight is 1140 g/mol. The number of nitrogens with zero attached hydrogens (tertiary/aromatic N) is 1. The summed E-state index contributed by atoms with van der Waals surface area (Å²) in [7, 11) is 1.46. The van der Waals surface area contributed by atoms with Crippen LogP contribution in [0.25, 0.3) is 0 Å². The molecule has 462 valence electrons. The van der Waals surface area contributed by atoms with Crippen molar-refractivity contribution in [2.45, 2.75) is 296 Å². The van der Waals surface area contributed by atoms with Crippen molar-refractivity contribution in [3.05, 3.63) is 97.2 Å². The Bertz CT molecular complexity index is 1690. The molecule has 2 N–H and O–H groups in total. The van der Waals surface area contributed by atoms with Gasteiger partial charge >= 0.3 is 13.8 Å². The van der Waals surface area contributed by atoms with Gasteiger partial charge in [0.15, 0.2) is 0 Å². The van der Waals surface area contributed by atoms with Crippen LogP contribution in [-0.2, 0) is 27.9 Å². The first-order chi connectivity index (χ1) is 38.9. The topological polar surface area (TPSA) is 111 Å². The third-order valence-corrected chi connectivity index (χ3v) is 15.2. The molecule has 0 spiro atoms. The van der Waals surface area contributed by atoms with Gasteiger partial charge < -0.3 is 19.4 Å². The van der Waals surface area contributed by atoms with E-state index in [1.165, 1.54) is 161 Å². The van der Waals surface area contributed by atoms with Gasteiger partial charge in [0.1, 0.15) is 19.3 Å². The van der Waals surface area contributed by atoms with E-state index in [4.69, 9.17) is 13.8 Å². The lowest BCUT2D eigenvalue weighted by Gasteiger charge is -2.27. The Balaban J connectivity index is 5.17. The number of nitrogens with one attached hydrogen (secondary N) is 1. The first-order valence-electron chi connectivity index (χ1n) is 33.1. The number of amides is 1. The molecule has 0 rings (SSSR count). The molecule has 9 nitrogen and oxygen atoms in total. The number of ether oxygens (including phenoxy) is 1. The van der Waals surface area contributed by atoms with Crippen molar-refractivity contribution >= 4 is 19.7 Å². The zero-order valence-corrected chi connectivity index (χ0v) is 53.7. The van der Waals surface area contributed by atoms with Crippen molar-refractivity contribution in [1.82, 2.24) is 5.32 Å². The quantitative estimate of drug-likeness (QED) is 0.0205. The summed E-state index contributed by atoms with van der Waals surface area (Å²) in [5.41, 5.74) is 0. The first-order valence-corrected chi connectivity index (χ1v) is 34.6. The molecular weight excluding hydrogens is 1010 g/mol. The van der Waals surface area contributed by atoms with Crippen LogP contribution in [0.2, 0.25) is 0 Å². The Morgan fingerprint density at radius 2 is 0.812 bits per heavy atom. The van der Waals surface area contributed by atoms with Crippen molar-refractivity contribution in [2.24, 2.45) is 0 Å². The lowest BCUT2D eigenvalue weighted by Crippen LogP contribution is -2.47. The van der Waals surface area contributed by atoms with Crippen LogP contribution in [-0.4, -0.2) is 74.3 Å². The fourth-order valence-electron chi connectivity index (χ4n) is 9.18.